The van der Waals surface area contributed by atoms with E-state index in [-0.39, 0.29) is 5.57 Å². The van der Waals surface area contributed by atoms with Gasteiger partial charge in [-0.25, -0.2) is 4.79 Å². The Kier molecular flexibility index (Phi) is 31.3. The van der Waals surface area contributed by atoms with Crippen LogP contribution in [-0.2, 0) is 9.59 Å². The lowest BCUT2D eigenvalue weighted by Gasteiger charge is -2.12. The van der Waals surface area contributed by atoms with Crippen LogP contribution in [0.15, 0.2) is 72.4 Å². The van der Waals surface area contributed by atoms with Crippen LogP contribution < -0.4 is 0 Å². The van der Waals surface area contributed by atoms with Gasteiger partial charge in [0.25, 0.3) is 0 Å². The highest BCUT2D eigenvalue weighted by atomic mass is 16.4. The minimum Gasteiger partial charge on any atom is -0.481 e. The summed E-state index contributed by atoms with van der Waals surface area (Å²) < 4.78 is 0. The third-order valence-corrected chi connectivity index (χ3v) is 7.98. The number of carboxylic acid groups (broad SMARTS) is 2. The van der Waals surface area contributed by atoms with Crippen molar-refractivity contribution in [2.24, 2.45) is 5.92 Å². The topological polar surface area (TPSA) is 74.6 Å². The summed E-state index contributed by atoms with van der Waals surface area (Å²) in [5.41, 5.74) is -0.0604. The molecule has 0 saturated heterocycles. The van der Waals surface area contributed by atoms with Gasteiger partial charge >= 0.3 is 11.9 Å². The summed E-state index contributed by atoms with van der Waals surface area (Å²) in [6.07, 6.45) is 48.7. The number of hydrogen-bond acceptors (Lipinski definition) is 2. The zero-order valence-electron chi connectivity index (χ0n) is 28.4. The van der Waals surface area contributed by atoms with Gasteiger partial charge in [-0.05, 0) is 44.9 Å². The molecule has 0 fully saturated rings. The number of allylic oxidation sites excluding steroid dienone is 11. The van der Waals surface area contributed by atoms with Gasteiger partial charge in [-0.3, -0.25) is 4.79 Å². The average molecular weight is 611 g/mol. The first-order valence-electron chi connectivity index (χ1n) is 18.0. The van der Waals surface area contributed by atoms with E-state index in [0.717, 1.165) is 38.5 Å². The van der Waals surface area contributed by atoms with Crippen molar-refractivity contribution in [1.82, 2.24) is 0 Å². The molecule has 0 aromatic heterocycles. The van der Waals surface area contributed by atoms with Crippen LogP contribution in [0.1, 0.15) is 162 Å². The molecule has 0 heterocycles. The van der Waals surface area contributed by atoms with E-state index >= 15 is 0 Å². The molecule has 2 N–H and O–H groups in total. The van der Waals surface area contributed by atoms with Gasteiger partial charge in [0, 0.05) is 0 Å². The Morgan fingerprint density at radius 2 is 0.864 bits per heavy atom. The molecule has 1 unspecified atom stereocenters. The van der Waals surface area contributed by atoms with E-state index in [2.05, 4.69) is 38.2 Å². The van der Waals surface area contributed by atoms with Gasteiger partial charge in [0.15, 0.2) is 0 Å². The molecule has 0 saturated carbocycles. The van der Waals surface area contributed by atoms with E-state index in [1.807, 2.05) is 24.3 Å². The van der Waals surface area contributed by atoms with Crippen molar-refractivity contribution in [3.63, 3.8) is 0 Å². The minimum absolute atomic E-state index is 0.0604. The number of unbranched alkanes of at least 4 members (excludes halogenated alkanes) is 19. The largest absolute Gasteiger partial charge is 0.481 e. The number of carboxylic acids is 2. The Bertz CT molecular complexity index is 859. The van der Waals surface area contributed by atoms with E-state index in [0.29, 0.717) is 12.8 Å². The molecule has 44 heavy (non-hydrogen) atoms. The summed E-state index contributed by atoms with van der Waals surface area (Å²) in [6, 6.07) is 0. The van der Waals surface area contributed by atoms with Gasteiger partial charge in [0.2, 0.25) is 0 Å². The molecule has 4 nitrogen and oxygen atoms in total. The molecule has 1 atom stereocenters. The van der Waals surface area contributed by atoms with Gasteiger partial charge in [0.05, 0.1) is 11.5 Å². The Labute approximate surface area is 271 Å². The van der Waals surface area contributed by atoms with Crippen LogP contribution in [0.3, 0.4) is 0 Å². The van der Waals surface area contributed by atoms with Crippen molar-refractivity contribution in [2.75, 3.05) is 0 Å². The van der Waals surface area contributed by atoms with Crippen LogP contribution in [0, 0.1) is 5.92 Å². The fourth-order valence-electron chi connectivity index (χ4n) is 5.22. The van der Waals surface area contributed by atoms with E-state index in [9.17, 15) is 19.8 Å². The second-order valence-electron chi connectivity index (χ2n) is 12.0. The lowest BCUT2D eigenvalue weighted by atomic mass is 9.92. The molecule has 4 heteroatoms. The Hall–Kier alpha value is -2.62. The fourth-order valence-corrected chi connectivity index (χ4v) is 5.22. The second-order valence-corrected chi connectivity index (χ2v) is 12.0. The molecule has 0 aliphatic rings. The first-order valence-corrected chi connectivity index (χ1v) is 18.0. The van der Waals surface area contributed by atoms with Crippen LogP contribution in [0.25, 0.3) is 0 Å². The Morgan fingerprint density at radius 1 is 0.477 bits per heavy atom. The number of rotatable bonds is 31. The predicted molar refractivity (Wildman–Crippen MR) is 190 cm³/mol. The summed E-state index contributed by atoms with van der Waals surface area (Å²) in [5.74, 6) is -3.23. The van der Waals surface area contributed by atoms with Crippen molar-refractivity contribution in [2.45, 2.75) is 162 Å². The molecule has 250 valence electrons. The second kappa shape index (κ2) is 33.3. The molecule has 0 rings (SSSR count). The molecular formula is C40H66O4. The van der Waals surface area contributed by atoms with Crippen molar-refractivity contribution in [3.8, 4) is 0 Å². The summed E-state index contributed by atoms with van der Waals surface area (Å²) in [7, 11) is 0. The standard InChI is InChI=1S/C40H66O4/c1-3-5-7-9-11-13-15-17-19-20-21-22-24-26-28-30-32-34-36-38(40(43)44)37(39(41)42)35-33-31-29-27-25-23-18-16-14-12-10-8-6-4-2/h18,21-24,26,28,30,32,34,36-37H,3-17,19-20,25,27,29,31,33,35H2,1-2H3,(H,41,42)(H,43,44)/b22-21+,23-18-,26-24+,30-28+,34-32+,38-36-. The van der Waals surface area contributed by atoms with E-state index < -0.39 is 17.9 Å². The smallest absolute Gasteiger partial charge is 0.332 e. The van der Waals surface area contributed by atoms with Crippen molar-refractivity contribution in [1.29, 1.82) is 0 Å². The van der Waals surface area contributed by atoms with E-state index in [4.69, 9.17) is 0 Å². The first kappa shape index (κ1) is 41.4. The number of hydrogen-bond donors (Lipinski definition) is 2. The molecule has 0 radical (unpaired) electrons. The molecular weight excluding hydrogens is 544 g/mol. The van der Waals surface area contributed by atoms with Crippen LogP contribution >= 0.6 is 0 Å². The van der Waals surface area contributed by atoms with Gasteiger partial charge in [0.1, 0.15) is 0 Å². The molecule has 0 aromatic carbocycles. The normalized spacial score (nSPS) is 13.5. The van der Waals surface area contributed by atoms with Crippen LogP contribution in [0.2, 0.25) is 0 Å². The zero-order chi connectivity index (χ0) is 32.4. The SMILES string of the molecule is CCCCCCCC/C=C\CCCCCCC(C(=O)O)/C(=C/C=C/C=C/C=C/C=C/CCCCCCCCCCC)C(=O)O. The molecule has 0 spiro atoms. The predicted octanol–water partition coefficient (Wildman–Crippen LogP) is 12.5. The summed E-state index contributed by atoms with van der Waals surface area (Å²) in [5, 5.41) is 19.3. The monoisotopic (exact) mass is 610 g/mol. The van der Waals surface area contributed by atoms with E-state index in [1.54, 1.807) is 12.2 Å². The Morgan fingerprint density at radius 3 is 1.32 bits per heavy atom. The zero-order valence-corrected chi connectivity index (χ0v) is 28.4. The molecule has 0 aliphatic carbocycles. The van der Waals surface area contributed by atoms with Crippen LogP contribution in [0.4, 0.5) is 0 Å². The maximum absolute atomic E-state index is 11.8. The maximum Gasteiger partial charge on any atom is 0.332 e. The third-order valence-electron chi connectivity index (χ3n) is 7.98. The summed E-state index contributed by atoms with van der Waals surface area (Å²) >= 11 is 0. The average Bonchev–Trinajstić information content (AvgIpc) is 3.00. The molecule has 0 amide bonds. The minimum atomic E-state index is -1.17. The van der Waals surface area contributed by atoms with Gasteiger partial charge in [-0.1, -0.05) is 183 Å². The van der Waals surface area contributed by atoms with Crippen molar-refractivity contribution < 1.29 is 19.8 Å². The fraction of sp³-hybridized carbons (Fsp3) is 0.650. The summed E-state index contributed by atoms with van der Waals surface area (Å²) in [4.78, 5) is 23.6. The van der Waals surface area contributed by atoms with Crippen LogP contribution in [0.5, 0.6) is 0 Å². The number of carbonyl (C=O) groups is 2. The molecule has 0 aliphatic heterocycles. The maximum atomic E-state index is 11.8. The molecule has 0 bridgehead atoms. The summed E-state index contributed by atoms with van der Waals surface area (Å²) in [6.45, 7) is 4.50. The van der Waals surface area contributed by atoms with Gasteiger partial charge < -0.3 is 10.2 Å². The number of aliphatic carboxylic acids is 2. The lowest BCUT2D eigenvalue weighted by Crippen LogP contribution is -2.21. The highest BCUT2D eigenvalue weighted by Crippen LogP contribution is 2.21. The van der Waals surface area contributed by atoms with E-state index in [1.165, 1.54) is 102 Å². The Balaban J connectivity index is 4.22. The van der Waals surface area contributed by atoms with Gasteiger partial charge in [-0.2, -0.15) is 0 Å². The van der Waals surface area contributed by atoms with Crippen molar-refractivity contribution in [3.05, 3.63) is 72.4 Å². The molecule has 0 aromatic rings. The highest BCUT2D eigenvalue weighted by molar-refractivity contribution is 5.94. The van der Waals surface area contributed by atoms with Crippen molar-refractivity contribution >= 4 is 11.9 Å². The highest BCUT2D eigenvalue weighted by Gasteiger charge is 2.26. The first-order chi connectivity index (χ1) is 21.5. The quantitative estimate of drug-likeness (QED) is 0.0354. The van der Waals surface area contributed by atoms with Crippen LogP contribution in [-0.4, -0.2) is 22.2 Å². The lowest BCUT2D eigenvalue weighted by molar-refractivity contribution is -0.144. The van der Waals surface area contributed by atoms with Gasteiger partial charge in [-0.15, -0.1) is 0 Å². The third kappa shape index (κ3) is 28.2.